The number of nitrogens with zero attached hydrogens (tertiary/aromatic N) is 1. The van der Waals surface area contributed by atoms with E-state index in [0.29, 0.717) is 23.6 Å². The molecule has 1 fully saturated rings. The molecule has 1 saturated heterocycles. The predicted octanol–water partition coefficient (Wildman–Crippen LogP) is 1.09. The zero-order valence-corrected chi connectivity index (χ0v) is 9.16. The maximum absolute atomic E-state index is 11.5. The minimum Gasteiger partial charge on any atom is -0.258 e. The molecule has 16 heavy (non-hydrogen) atoms. The third-order valence-electron chi connectivity index (χ3n) is 2.66. The molecule has 1 aromatic rings. The second-order valence-electron chi connectivity index (χ2n) is 3.68. The monoisotopic (exact) mass is 241 g/mol. The van der Waals surface area contributed by atoms with Gasteiger partial charge < -0.3 is 0 Å². The smallest absolute Gasteiger partial charge is 0.258 e. The molecule has 0 aliphatic carbocycles. The summed E-state index contributed by atoms with van der Waals surface area (Å²) >= 11 is 5.94. The summed E-state index contributed by atoms with van der Waals surface area (Å²) in [4.78, 5) is 22.2. The molecule has 1 aliphatic rings. The lowest BCUT2D eigenvalue weighted by Crippen LogP contribution is -3.07. The van der Waals surface area contributed by atoms with Gasteiger partial charge in [0.1, 0.15) is 5.02 Å². The van der Waals surface area contributed by atoms with Crippen molar-refractivity contribution in [1.82, 2.24) is 0 Å². The van der Waals surface area contributed by atoms with Gasteiger partial charge in [0.25, 0.3) is 5.69 Å². The summed E-state index contributed by atoms with van der Waals surface area (Å²) in [5.41, 5.74) is 0.578. The van der Waals surface area contributed by atoms with Crippen molar-refractivity contribution in [3.8, 4) is 0 Å². The molecule has 1 aliphatic heterocycles. The summed E-state index contributed by atoms with van der Waals surface area (Å²) in [5.74, 6) is 0.0933. The third kappa shape index (κ3) is 1.91. The van der Waals surface area contributed by atoms with Gasteiger partial charge in [0.15, 0.2) is 5.69 Å². The number of hydrogen-bond donors (Lipinski definition) is 1. The molecule has 0 saturated carbocycles. The van der Waals surface area contributed by atoms with Gasteiger partial charge in [0, 0.05) is 24.6 Å². The van der Waals surface area contributed by atoms with Gasteiger partial charge in [-0.25, -0.2) is 9.69 Å². The van der Waals surface area contributed by atoms with Crippen LogP contribution in [-0.4, -0.2) is 17.4 Å². The lowest BCUT2D eigenvalue weighted by Gasteiger charge is -2.10. The summed E-state index contributed by atoms with van der Waals surface area (Å²) < 4.78 is 0. The number of nitro benzene ring substituents is 1. The van der Waals surface area contributed by atoms with E-state index in [1.165, 1.54) is 12.1 Å². The molecular weight excluding hydrogens is 232 g/mol. The fraction of sp³-hybridized carbons (Fsp3) is 0.300. The SMILES string of the molecule is O=C1CCC[NH+]1c1ccc([N+](=O)[O-])cc1Cl. The number of halogens is 1. The van der Waals surface area contributed by atoms with Crippen molar-refractivity contribution in [3.63, 3.8) is 0 Å². The Balaban J connectivity index is 2.36. The van der Waals surface area contributed by atoms with E-state index in [-0.39, 0.29) is 16.6 Å². The van der Waals surface area contributed by atoms with Crippen molar-refractivity contribution in [3.05, 3.63) is 33.3 Å². The molecule has 1 aromatic carbocycles. The highest BCUT2D eigenvalue weighted by atomic mass is 35.5. The first-order valence-electron chi connectivity index (χ1n) is 4.93. The largest absolute Gasteiger partial charge is 0.317 e. The van der Waals surface area contributed by atoms with Gasteiger partial charge in [-0.2, -0.15) is 0 Å². The lowest BCUT2D eigenvalue weighted by atomic mass is 10.2. The Morgan fingerprint density at radius 3 is 2.69 bits per heavy atom. The standard InChI is InChI=1S/C10H9ClN2O3/c11-8-6-7(13(15)16)3-4-9(8)12-5-1-2-10(12)14/h3-4,6H,1-2,5H2/p+1. The molecule has 6 heteroatoms. The average molecular weight is 242 g/mol. The van der Waals surface area contributed by atoms with Crippen molar-refractivity contribution in [2.24, 2.45) is 0 Å². The first-order chi connectivity index (χ1) is 7.59. The predicted molar refractivity (Wildman–Crippen MR) is 57.8 cm³/mol. The van der Waals surface area contributed by atoms with E-state index in [9.17, 15) is 14.9 Å². The lowest BCUT2D eigenvalue weighted by molar-refractivity contribution is -0.738. The van der Waals surface area contributed by atoms with E-state index in [4.69, 9.17) is 11.6 Å². The fourth-order valence-corrected chi connectivity index (χ4v) is 2.15. The molecule has 1 atom stereocenters. The number of benzene rings is 1. The number of carbonyl (C=O) groups is 1. The molecular formula is C10H10ClN2O3+. The van der Waals surface area contributed by atoms with Crippen LogP contribution in [0.4, 0.5) is 11.4 Å². The van der Waals surface area contributed by atoms with Gasteiger partial charge in [-0.15, -0.1) is 0 Å². The first-order valence-corrected chi connectivity index (χ1v) is 5.30. The number of carbonyl (C=O) groups excluding carboxylic acids is 1. The summed E-state index contributed by atoms with van der Waals surface area (Å²) in [6.07, 6.45) is 1.38. The van der Waals surface area contributed by atoms with E-state index in [1.54, 1.807) is 6.07 Å². The number of nitrogens with one attached hydrogen (secondary N) is 1. The molecule has 1 unspecified atom stereocenters. The second-order valence-corrected chi connectivity index (χ2v) is 4.08. The molecule has 0 aromatic heterocycles. The highest BCUT2D eigenvalue weighted by Crippen LogP contribution is 2.24. The molecule has 5 nitrogen and oxygen atoms in total. The Morgan fingerprint density at radius 2 is 2.19 bits per heavy atom. The quantitative estimate of drug-likeness (QED) is 0.623. The van der Waals surface area contributed by atoms with Crippen LogP contribution in [0.2, 0.25) is 5.02 Å². The topological polar surface area (TPSA) is 64.7 Å². The average Bonchev–Trinajstić information content (AvgIpc) is 2.64. The van der Waals surface area contributed by atoms with Crippen molar-refractivity contribution in [2.75, 3.05) is 6.54 Å². The summed E-state index contributed by atoms with van der Waals surface area (Å²) in [7, 11) is 0. The Bertz CT molecular complexity index is 461. The minimum atomic E-state index is -0.503. The molecule has 0 bridgehead atoms. The number of amides is 1. The van der Waals surface area contributed by atoms with Gasteiger partial charge in [0.2, 0.25) is 0 Å². The van der Waals surface area contributed by atoms with Crippen LogP contribution in [0.15, 0.2) is 18.2 Å². The van der Waals surface area contributed by atoms with Crippen LogP contribution in [0.3, 0.4) is 0 Å². The summed E-state index contributed by atoms with van der Waals surface area (Å²) in [6.45, 7) is 0.705. The summed E-state index contributed by atoms with van der Waals surface area (Å²) in [5, 5.41) is 10.8. The zero-order chi connectivity index (χ0) is 11.7. The Labute approximate surface area is 96.8 Å². The van der Waals surface area contributed by atoms with Crippen LogP contribution in [0, 0.1) is 10.1 Å². The Morgan fingerprint density at radius 1 is 1.44 bits per heavy atom. The number of hydrogen-bond acceptors (Lipinski definition) is 3. The number of quaternary nitrogens is 1. The van der Waals surface area contributed by atoms with Gasteiger partial charge in [0.05, 0.1) is 17.9 Å². The van der Waals surface area contributed by atoms with Gasteiger partial charge in [-0.3, -0.25) is 10.1 Å². The maximum atomic E-state index is 11.5. The maximum Gasteiger partial charge on any atom is 0.317 e. The van der Waals surface area contributed by atoms with E-state index in [0.717, 1.165) is 6.42 Å². The third-order valence-corrected chi connectivity index (χ3v) is 2.97. The molecule has 1 N–H and O–H groups in total. The number of non-ortho nitro benzene ring substituents is 1. The number of nitro groups is 1. The van der Waals surface area contributed by atoms with Crippen molar-refractivity contribution in [2.45, 2.75) is 12.8 Å². The van der Waals surface area contributed by atoms with Crippen LogP contribution in [0.1, 0.15) is 12.8 Å². The van der Waals surface area contributed by atoms with Crippen LogP contribution in [0.5, 0.6) is 0 Å². The zero-order valence-electron chi connectivity index (χ0n) is 8.40. The molecule has 0 spiro atoms. The van der Waals surface area contributed by atoms with Gasteiger partial charge >= 0.3 is 5.91 Å². The summed E-state index contributed by atoms with van der Waals surface area (Å²) in [6, 6.07) is 4.22. The van der Waals surface area contributed by atoms with E-state index >= 15 is 0 Å². The highest BCUT2D eigenvalue weighted by Gasteiger charge is 2.30. The van der Waals surface area contributed by atoms with Crippen molar-refractivity contribution < 1.29 is 14.6 Å². The van der Waals surface area contributed by atoms with Crippen LogP contribution < -0.4 is 4.90 Å². The van der Waals surface area contributed by atoms with E-state index < -0.39 is 4.92 Å². The highest BCUT2D eigenvalue weighted by molar-refractivity contribution is 6.32. The van der Waals surface area contributed by atoms with Crippen LogP contribution in [0.25, 0.3) is 0 Å². The van der Waals surface area contributed by atoms with Crippen molar-refractivity contribution >= 4 is 28.9 Å². The molecule has 1 amide bonds. The van der Waals surface area contributed by atoms with Gasteiger partial charge in [-0.05, 0) is 0 Å². The van der Waals surface area contributed by atoms with E-state index in [2.05, 4.69) is 0 Å². The molecule has 2 rings (SSSR count). The first kappa shape index (κ1) is 11.0. The number of rotatable bonds is 2. The van der Waals surface area contributed by atoms with Gasteiger partial charge in [-0.1, -0.05) is 11.6 Å². The van der Waals surface area contributed by atoms with E-state index in [1.807, 2.05) is 0 Å². The Hall–Kier alpha value is -1.46. The molecule has 1 heterocycles. The molecule has 84 valence electrons. The van der Waals surface area contributed by atoms with Crippen LogP contribution in [-0.2, 0) is 4.79 Å². The molecule has 0 radical (unpaired) electrons. The normalized spacial score (nSPS) is 20.1. The second kappa shape index (κ2) is 4.19. The van der Waals surface area contributed by atoms with Crippen LogP contribution >= 0.6 is 11.6 Å². The fourth-order valence-electron chi connectivity index (χ4n) is 1.86. The minimum absolute atomic E-state index is 0.0557. The van der Waals surface area contributed by atoms with Crippen molar-refractivity contribution in [1.29, 1.82) is 0 Å². The Kier molecular flexibility index (Phi) is 2.89.